The van der Waals surface area contributed by atoms with Gasteiger partial charge in [-0.1, -0.05) is 6.92 Å². The second kappa shape index (κ2) is 5.81. The Bertz CT molecular complexity index is 578. The Kier molecular flexibility index (Phi) is 4.04. The van der Waals surface area contributed by atoms with Gasteiger partial charge in [0, 0.05) is 30.9 Å². The molecule has 2 aliphatic rings. The molecule has 21 heavy (non-hydrogen) atoms. The van der Waals surface area contributed by atoms with Crippen molar-refractivity contribution in [1.29, 1.82) is 0 Å². The van der Waals surface area contributed by atoms with Crippen molar-refractivity contribution in [2.24, 2.45) is 5.92 Å². The Morgan fingerprint density at radius 2 is 2.10 bits per heavy atom. The quantitative estimate of drug-likeness (QED) is 0.885. The fourth-order valence-corrected chi connectivity index (χ4v) is 3.42. The molecule has 1 aliphatic carbocycles. The fourth-order valence-electron chi connectivity index (χ4n) is 3.42. The van der Waals surface area contributed by atoms with Crippen molar-refractivity contribution in [1.82, 2.24) is 9.47 Å². The van der Waals surface area contributed by atoms with Gasteiger partial charge in [-0.15, -0.1) is 0 Å². The molecule has 116 valence electrons. The lowest BCUT2D eigenvalue weighted by Crippen LogP contribution is -2.35. The zero-order chi connectivity index (χ0) is 15.0. The number of hydrogen-bond acceptors (Lipinski definition) is 4. The summed E-state index contributed by atoms with van der Waals surface area (Å²) in [6.45, 7) is 4.68. The SMILES string of the molecule is CC1CCCN(Cc2c(O)c(=O)cc(CO)n2C2CC2)C1. The summed E-state index contributed by atoms with van der Waals surface area (Å²) in [5, 5.41) is 19.8. The maximum absolute atomic E-state index is 11.9. The van der Waals surface area contributed by atoms with E-state index in [1.165, 1.54) is 12.5 Å². The first-order chi connectivity index (χ1) is 10.1. The normalized spacial score (nSPS) is 23.4. The fraction of sp³-hybridized carbons (Fsp3) is 0.688. The molecule has 0 spiro atoms. The largest absolute Gasteiger partial charge is 0.503 e. The highest BCUT2D eigenvalue weighted by Crippen LogP contribution is 2.38. The Hall–Kier alpha value is -1.33. The summed E-state index contributed by atoms with van der Waals surface area (Å²) in [4.78, 5) is 14.2. The zero-order valence-electron chi connectivity index (χ0n) is 12.6. The molecule has 1 saturated heterocycles. The first-order valence-electron chi connectivity index (χ1n) is 7.89. The van der Waals surface area contributed by atoms with Crippen LogP contribution in [0.1, 0.15) is 50.0 Å². The smallest absolute Gasteiger partial charge is 0.223 e. The number of aliphatic hydroxyl groups excluding tert-OH is 1. The van der Waals surface area contributed by atoms with Gasteiger partial charge in [0.2, 0.25) is 5.43 Å². The number of rotatable bonds is 4. The van der Waals surface area contributed by atoms with Crippen LogP contribution in [0.2, 0.25) is 0 Å². The molecule has 1 aromatic rings. The molecule has 1 saturated carbocycles. The molecule has 2 N–H and O–H groups in total. The van der Waals surface area contributed by atoms with E-state index in [0.29, 0.717) is 29.9 Å². The summed E-state index contributed by atoms with van der Waals surface area (Å²) >= 11 is 0. The molecule has 1 unspecified atom stereocenters. The van der Waals surface area contributed by atoms with E-state index in [-0.39, 0.29) is 17.8 Å². The van der Waals surface area contributed by atoms with E-state index in [9.17, 15) is 15.0 Å². The first-order valence-corrected chi connectivity index (χ1v) is 7.89. The summed E-state index contributed by atoms with van der Waals surface area (Å²) in [7, 11) is 0. The van der Waals surface area contributed by atoms with Crippen molar-refractivity contribution >= 4 is 0 Å². The van der Waals surface area contributed by atoms with Gasteiger partial charge in [0.25, 0.3) is 0 Å². The Morgan fingerprint density at radius 3 is 2.71 bits per heavy atom. The highest BCUT2D eigenvalue weighted by atomic mass is 16.3. The number of aromatic nitrogens is 1. The van der Waals surface area contributed by atoms with Crippen LogP contribution in [-0.4, -0.2) is 32.8 Å². The summed E-state index contributed by atoms with van der Waals surface area (Å²) in [6.07, 6.45) is 4.52. The van der Waals surface area contributed by atoms with Crippen molar-refractivity contribution in [3.8, 4) is 5.75 Å². The van der Waals surface area contributed by atoms with Gasteiger partial charge in [-0.05, 0) is 38.1 Å². The predicted octanol–water partition coefficient (Wildman–Crippen LogP) is 1.61. The Balaban J connectivity index is 1.95. The van der Waals surface area contributed by atoms with Crippen molar-refractivity contribution in [2.45, 2.75) is 51.8 Å². The summed E-state index contributed by atoms with van der Waals surface area (Å²) in [5.74, 6) is 0.514. The summed E-state index contributed by atoms with van der Waals surface area (Å²) < 4.78 is 2.00. The Morgan fingerprint density at radius 1 is 1.33 bits per heavy atom. The summed E-state index contributed by atoms with van der Waals surface area (Å²) in [5.41, 5.74) is 0.930. The topological polar surface area (TPSA) is 65.7 Å². The average Bonchev–Trinajstić information content (AvgIpc) is 3.28. The van der Waals surface area contributed by atoms with E-state index < -0.39 is 0 Å². The Labute approximate surface area is 124 Å². The van der Waals surface area contributed by atoms with Crippen molar-refractivity contribution in [2.75, 3.05) is 13.1 Å². The van der Waals surface area contributed by atoms with Crippen molar-refractivity contribution in [3.63, 3.8) is 0 Å². The number of aliphatic hydroxyl groups is 1. The van der Waals surface area contributed by atoms with Gasteiger partial charge in [0.05, 0.1) is 12.3 Å². The van der Waals surface area contributed by atoms with Crippen LogP contribution in [0.25, 0.3) is 0 Å². The minimum absolute atomic E-state index is 0.141. The van der Waals surface area contributed by atoms with E-state index in [2.05, 4.69) is 11.8 Å². The average molecular weight is 292 g/mol. The maximum Gasteiger partial charge on any atom is 0.223 e. The monoisotopic (exact) mass is 292 g/mol. The molecule has 1 atom stereocenters. The molecule has 0 amide bonds. The zero-order valence-corrected chi connectivity index (χ0v) is 12.6. The van der Waals surface area contributed by atoms with Gasteiger partial charge in [0.15, 0.2) is 5.75 Å². The lowest BCUT2D eigenvalue weighted by atomic mass is 10.00. The minimum atomic E-state index is -0.379. The summed E-state index contributed by atoms with van der Waals surface area (Å²) in [6, 6.07) is 1.70. The molecule has 0 aromatic carbocycles. The van der Waals surface area contributed by atoms with Crippen LogP contribution in [0.15, 0.2) is 10.9 Å². The molecule has 3 rings (SSSR count). The molecule has 0 bridgehead atoms. The van der Waals surface area contributed by atoms with Gasteiger partial charge in [0.1, 0.15) is 0 Å². The molecule has 1 aliphatic heterocycles. The lowest BCUT2D eigenvalue weighted by molar-refractivity contribution is 0.169. The minimum Gasteiger partial charge on any atom is -0.503 e. The van der Waals surface area contributed by atoms with Crippen LogP contribution in [0.4, 0.5) is 0 Å². The number of piperidine rings is 1. The van der Waals surface area contributed by atoms with E-state index in [1.807, 2.05) is 4.57 Å². The molecule has 0 radical (unpaired) electrons. The molecule has 2 fully saturated rings. The number of nitrogens with zero attached hydrogens (tertiary/aromatic N) is 2. The van der Waals surface area contributed by atoms with Crippen molar-refractivity contribution < 1.29 is 10.2 Å². The number of hydrogen-bond donors (Lipinski definition) is 2. The molecule has 5 nitrogen and oxygen atoms in total. The molecule has 2 heterocycles. The van der Waals surface area contributed by atoms with Crippen LogP contribution >= 0.6 is 0 Å². The second-order valence-corrected chi connectivity index (χ2v) is 6.54. The van der Waals surface area contributed by atoms with Gasteiger partial charge in [-0.25, -0.2) is 0 Å². The third-order valence-electron chi connectivity index (χ3n) is 4.59. The maximum atomic E-state index is 11.9. The van der Waals surface area contributed by atoms with Gasteiger partial charge < -0.3 is 14.8 Å². The van der Waals surface area contributed by atoms with Gasteiger partial charge in [-0.3, -0.25) is 9.69 Å². The van der Waals surface area contributed by atoms with E-state index in [0.717, 1.165) is 32.4 Å². The second-order valence-electron chi connectivity index (χ2n) is 6.54. The molecular formula is C16H24N2O3. The first kappa shape index (κ1) is 14.6. The highest BCUT2D eigenvalue weighted by molar-refractivity contribution is 5.31. The van der Waals surface area contributed by atoms with Crippen molar-refractivity contribution in [3.05, 3.63) is 27.7 Å². The van der Waals surface area contributed by atoms with Crippen LogP contribution in [0.5, 0.6) is 5.75 Å². The van der Waals surface area contributed by atoms with E-state index in [4.69, 9.17) is 0 Å². The standard InChI is InChI=1S/C16H24N2O3/c1-11-3-2-6-17(8-11)9-14-16(21)15(20)7-13(10-19)18(14)12-4-5-12/h7,11-12,19,21H,2-6,8-10H2,1H3. The van der Waals surface area contributed by atoms with E-state index in [1.54, 1.807) is 0 Å². The number of aromatic hydroxyl groups is 1. The number of pyridine rings is 1. The molecule has 1 aromatic heterocycles. The third kappa shape index (κ3) is 2.99. The predicted molar refractivity (Wildman–Crippen MR) is 80.2 cm³/mol. The lowest BCUT2D eigenvalue weighted by Gasteiger charge is -2.32. The van der Waals surface area contributed by atoms with Crippen LogP contribution in [0, 0.1) is 5.92 Å². The third-order valence-corrected chi connectivity index (χ3v) is 4.59. The van der Waals surface area contributed by atoms with Crippen LogP contribution in [-0.2, 0) is 13.2 Å². The molecule has 5 heteroatoms. The number of likely N-dealkylation sites (tertiary alicyclic amines) is 1. The van der Waals surface area contributed by atoms with Gasteiger partial charge >= 0.3 is 0 Å². The van der Waals surface area contributed by atoms with Crippen LogP contribution < -0.4 is 5.43 Å². The van der Waals surface area contributed by atoms with E-state index >= 15 is 0 Å². The highest BCUT2D eigenvalue weighted by Gasteiger charge is 2.30. The van der Waals surface area contributed by atoms with Crippen LogP contribution in [0.3, 0.4) is 0 Å². The van der Waals surface area contributed by atoms with Gasteiger partial charge in [-0.2, -0.15) is 0 Å². The molecular weight excluding hydrogens is 268 g/mol.